The largest absolute Gasteiger partial charge is 0.497 e. The minimum atomic E-state index is 0.792. The van der Waals surface area contributed by atoms with E-state index >= 15 is 0 Å². The summed E-state index contributed by atoms with van der Waals surface area (Å²) >= 11 is 0. The van der Waals surface area contributed by atoms with Gasteiger partial charge in [0.05, 0.1) is 7.11 Å². The molecule has 1 aliphatic rings. The lowest BCUT2D eigenvalue weighted by Crippen LogP contribution is -2.47. The summed E-state index contributed by atoms with van der Waals surface area (Å²) in [6.45, 7) is 4.96. The predicted molar refractivity (Wildman–Crippen MR) is 115 cm³/mol. The zero-order chi connectivity index (χ0) is 19.6. The lowest BCUT2D eigenvalue weighted by atomic mass is 10.1. The summed E-state index contributed by atoms with van der Waals surface area (Å²) in [6, 6.07) is 16.4. The summed E-state index contributed by atoms with van der Waals surface area (Å²) in [5.74, 6) is 1.81. The molecular formula is C23H24N4O2. The van der Waals surface area contributed by atoms with E-state index in [4.69, 9.17) is 9.15 Å². The van der Waals surface area contributed by atoms with Crippen LogP contribution in [0.4, 0.5) is 5.82 Å². The van der Waals surface area contributed by atoms with Crippen molar-refractivity contribution in [2.75, 3.05) is 44.7 Å². The molecule has 4 aromatic rings. The van der Waals surface area contributed by atoms with Crippen LogP contribution in [0.2, 0.25) is 0 Å². The molecule has 0 aliphatic carbocycles. The number of hydrogen-bond acceptors (Lipinski definition) is 6. The van der Waals surface area contributed by atoms with Crippen molar-refractivity contribution >= 4 is 27.9 Å². The maximum Gasteiger partial charge on any atom is 0.196 e. The lowest BCUT2D eigenvalue weighted by molar-refractivity contribution is 0.260. The topological polar surface area (TPSA) is 54.6 Å². The molecule has 29 heavy (non-hydrogen) atoms. The first kappa shape index (κ1) is 17.9. The zero-order valence-corrected chi connectivity index (χ0v) is 16.5. The van der Waals surface area contributed by atoms with Crippen molar-refractivity contribution in [1.29, 1.82) is 0 Å². The maximum absolute atomic E-state index is 6.10. The van der Waals surface area contributed by atoms with Gasteiger partial charge in [0.2, 0.25) is 0 Å². The van der Waals surface area contributed by atoms with Crippen molar-refractivity contribution in [2.45, 2.75) is 6.42 Å². The molecule has 1 saturated heterocycles. The lowest BCUT2D eigenvalue weighted by Gasteiger charge is -2.35. The Labute approximate surface area is 169 Å². The molecule has 0 unspecified atom stereocenters. The molecule has 148 valence electrons. The Morgan fingerprint density at radius 1 is 0.966 bits per heavy atom. The number of aromatic nitrogens is 2. The van der Waals surface area contributed by atoms with Crippen LogP contribution in [0.1, 0.15) is 5.56 Å². The predicted octanol–water partition coefficient (Wildman–Crippen LogP) is 3.75. The Morgan fingerprint density at radius 2 is 1.76 bits per heavy atom. The highest BCUT2D eigenvalue weighted by atomic mass is 16.5. The Morgan fingerprint density at radius 3 is 2.55 bits per heavy atom. The Kier molecular flexibility index (Phi) is 4.77. The molecule has 2 aromatic heterocycles. The van der Waals surface area contributed by atoms with E-state index in [1.807, 2.05) is 30.3 Å². The summed E-state index contributed by atoms with van der Waals surface area (Å²) < 4.78 is 11.3. The number of piperazine rings is 1. The van der Waals surface area contributed by atoms with E-state index in [1.54, 1.807) is 13.4 Å². The van der Waals surface area contributed by atoms with Gasteiger partial charge in [0.15, 0.2) is 11.4 Å². The van der Waals surface area contributed by atoms with Gasteiger partial charge < -0.3 is 14.1 Å². The molecule has 0 amide bonds. The summed E-state index contributed by atoms with van der Waals surface area (Å²) in [4.78, 5) is 13.8. The Balaban J connectivity index is 1.26. The van der Waals surface area contributed by atoms with Crippen molar-refractivity contribution in [2.24, 2.45) is 0 Å². The highest BCUT2D eigenvalue weighted by Crippen LogP contribution is 2.32. The van der Waals surface area contributed by atoms with Crippen LogP contribution >= 0.6 is 0 Å². The highest BCUT2D eigenvalue weighted by molar-refractivity contribution is 6.05. The number of rotatable bonds is 5. The van der Waals surface area contributed by atoms with Crippen LogP contribution in [0.3, 0.4) is 0 Å². The van der Waals surface area contributed by atoms with Gasteiger partial charge in [-0.25, -0.2) is 9.97 Å². The van der Waals surface area contributed by atoms with Crippen LogP contribution in [-0.2, 0) is 6.42 Å². The van der Waals surface area contributed by atoms with Gasteiger partial charge in [-0.2, -0.15) is 0 Å². The van der Waals surface area contributed by atoms with E-state index in [1.165, 1.54) is 5.56 Å². The first-order valence-electron chi connectivity index (χ1n) is 10.0. The van der Waals surface area contributed by atoms with Gasteiger partial charge in [0, 0.05) is 38.1 Å². The number of nitrogens with zero attached hydrogens (tertiary/aromatic N) is 4. The third-order valence-electron chi connectivity index (χ3n) is 5.69. The van der Waals surface area contributed by atoms with Crippen LogP contribution in [0.25, 0.3) is 22.1 Å². The standard InChI is InChI=1S/C23H24N4O2/c1-28-18-8-6-17(7-9-18)10-11-26-12-14-27(15-13-26)23-22-21(24-16-25-23)19-4-2-3-5-20(19)29-22/h2-9,16H,10-15H2,1H3. The first-order valence-corrected chi connectivity index (χ1v) is 10.0. The van der Waals surface area contributed by atoms with E-state index in [0.29, 0.717) is 0 Å². The average Bonchev–Trinajstić information content (AvgIpc) is 3.17. The Hall–Kier alpha value is -3.12. The number of benzene rings is 2. The summed E-state index contributed by atoms with van der Waals surface area (Å²) in [5.41, 5.74) is 3.89. The molecule has 1 fully saturated rings. The van der Waals surface area contributed by atoms with Gasteiger partial charge in [-0.15, -0.1) is 0 Å². The molecule has 2 aromatic carbocycles. The molecule has 0 radical (unpaired) electrons. The SMILES string of the molecule is COc1ccc(CCN2CCN(c3ncnc4c3oc3ccccc34)CC2)cc1. The van der Waals surface area contributed by atoms with Crippen LogP contribution in [-0.4, -0.2) is 54.7 Å². The van der Waals surface area contributed by atoms with Gasteiger partial charge in [0.1, 0.15) is 23.2 Å². The number of methoxy groups -OCH3 is 1. The fourth-order valence-corrected chi connectivity index (χ4v) is 4.00. The molecule has 0 saturated carbocycles. The first-order chi connectivity index (χ1) is 14.3. The fourth-order valence-electron chi connectivity index (χ4n) is 4.00. The van der Waals surface area contributed by atoms with E-state index in [-0.39, 0.29) is 0 Å². The quantitative estimate of drug-likeness (QED) is 0.519. The van der Waals surface area contributed by atoms with Crippen molar-refractivity contribution in [3.63, 3.8) is 0 Å². The molecule has 6 nitrogen and oxygen atoms in total. The zero-order valence-electron chi connectivity index (χ0n) is 16.5. The van der Waals surface area contributed by atoms with Crippen LogP contribution < -0.4 is 9.64 Å². The molecule has 0 atom stereocenters. The van der Waals surface area contributed by atoms with Crippen LogP contribution in [0.15, 0.2) is 59.3 Å². The van der Waals surface area contributed by atoms with Crippen molar-refractivity contribution in [1.82, 2.24) is 14.9 Å². The highest BCUT2D eigenvalue weighted by Gasteiger charge is 2.22. The summed E-state index contributed by atoms with van der Waals surface area (Å²) in [6.07, 6.45) is 2.70. The number of ether oxygens (including phenoxy) is 1. The van der Waals surface area contributed by atoms with Gasteiger partial charge >= 0.3 is 0 Å². The van der Waals surface area contributed by atoms with Gasteiger partial charge in [-0.3, -0.25) is 4.90 Å². The van der Waals surface area contributed by atoms with Gasteiger partial charge in [-0.1, -0.05) is 24.3 Å². The van der Waals surface area contributed by atoms with Crippen molar-refractivity contribution < 1.29 is 9.15 Å². The molecular weight excluding hydrogens is 364 g/mol. The van der Waals surface area contributed by atoms with E-state index in [2.05, 4.69) is 38.0 Å². The number of fused-ring (bicyclic) bond motifs is 3. The molecule has 0 spiro atoms. The molecule has 3 heterocycles. The Bertz CT molecular complexity index is 1110. The third-order valence-corrected chi connectivity index (χ3v) is 5.69. The number of anilines is 1. The van der Waals surface area contributed by atoms with Crippen LogP contribution in [0.5, 0.6) is 5.75 Å². The minimum Gasteiger partial charge on any atom is -0.497 e. The maximum atomic E-state index is 6.10. The third kappa shape index (κ3) is 3.51. The monoisotopic (exact) mass is 388 g/mol. The minimum absolute atomic E-state index is 0.792. The second-order valence-corrected chi connectivity index (χ2v) is 7.40. The molecule has 6 heteroatoms. The molecule has 0 N–H and O–H groups in total. The fraction of sp³-hybridized carbons (Fsp3) is 0.304. The number of hydrogen-bond donors (Lipinski definition) is 0. The summed E-state index contributed by atoms with van der Waals surface area (Å²) in [7, 11) is 1.70. The normalized spacial score (nSPS) is 15.3. The second kappa shape index (κ2) is 7.72. The average molecular weight is 388 g/mol. The molecule has 0 bridgehead atoms. The van der Waals surface area contributed by atoms with E-state index in [0.717, 1.165) is 72.8 Å². The number of para-hydroxylation sites is 1. The van der Waals surface area contributed by atoms with Crippen molar-refractivity contribution in [3.8, 4) is 5.75 Å². The van der Waals surface area contributed by atoms with Gasteiger partial charge in [-0.05, 0) is 36.2 Å². The van der Waals surface area contributed by atoms with Gasteiger partial charge in [0.25, 0.3) is 0 Å². The second-order valence-electron chi connectivity index (χ2n) is 7.40. The van der Waals surface area contributed by atoms with Crippen LogP contribution in [0, 0.1) is 0 Å². The number of furan rings is 1. The molecule has 1 aliphatic heterocycles. The van der Waals surface area contributed by atoms with E-state index < -0.39 is 0 Å². The molecule has 5 rings (SSSR count). The van der Waals surface area contributed by atoms with E-state index in [9.17, 15) is 0 Å². The summed E-state index contributed by atoms with van der Waals surface area (Å²) in [5, 5.41) is 1.05. The van der Waals surface area contributed by atoms with Crippen molar-refractivity contribution in [3.05, 3.63) is 60.4 Å². The smallest absolute Gasteiger partial charge is 0.196 e.